The summed E-state index contributed by atoms with van der Waals surface area (Å²) in [6.07, 6.45) is 3.53. The molecule has 3 aromatic rings. The molecule has 2 heterocycles. The van der Waals surface area contributed by atoms with Crippen molar-refractivity contribution < 1.29 is 9.69 Å². The summed E-state index contributed by atoms with van der Waals surface area (Å²) in [6.45, 7) is 6.81. The molecule has 162 valence electrons. The van der Waals surface area contributed by atoms with E-state index in [2.05, 4.69) is 17.3 Å². The number of quaternary nitrogens is 1. The largest absolute Gasteiger partial charge is 0.350 e. The minimum atomic E-state index is -0.222. The SMILES string of the molecule is CC1CC[NH+](CCCNC(=O)c2nn(Cc3ccccc3)c(=O)c3ccccc23)CC1. The first-order valence-corrected chi connectivity index (χ1v) is 11.3. The Morgan fingerprint density at radius 1 is 1.06 bits per heavy atom. The van der Waals surface area contributed by atoms with Gasteiger partial charge in [-0.25, -0.2) is 4.68 Å². The van der Waals surface area contributed by atoms with Crippen LogP contribution in [-0.4, -0.2) is 41.9 Å². The van der Waals surface area contributed by atoms with Crippen molar-refractivity contribution in [3.8, 4) is 0 Å². The van der Waals surface area contributed by atoms with E-state index in [0.717, 1.165) is 24.4 Å². The van der Waals surface area contributed by atoms with Crippen LogP contribution in [0.15, 0.2) is 59.4 Å². The third-order valence-electron chi connectivity index (χ3n) is 6.23. The Labute approximate surface area is 182 Å². The summed E-state index contributed by atoms with van der Waals surface area (Å²) in [5.74, 6) is 0.620. The van der Waals surface area contributed by atoms with Gasteiger partial charge in [-0.15, -0.1) is 0 Å². The number of benzene rings is 2. The Morgan fingerprint density at radius 2 is 1.74 bits per heavy atom. The quantitative estimate of drug-likeness (QED) is 0.575. The molecular weight excluding hydrogens is 388 g/mol. The predicted octanol–water partition coefficient (Wildman–Crippen LogP) is 1.88. The molecule has 0 unspecified atom stereocenters. The van der Waals surface area contributed by atoms with Crippen LogP contribution in [0.1, 0.15) is 42.2 Å². The lowest BCUT2D eigenvalue weighted by atomic mass is 9.99. The molecule has 0 atom stereocenters. The van der Waals surface area contributed by atoms with Gasteiger partial charge in [-0.2, -0.15) is 5.10 Å². The lowest BCUT2D eigenvalue weighted by Crippen LogP contribution is -3.13. The molecule has 6 heteroatoms. The summed E-state index contributed by atoms with van der Waals surface area (Å²) in [5.41, 5.74) is 1.10. The number of rotatable bonds is 7. The third kappa shape index (κ3) is 5.20. The second-order valence-electron chi connectivity index (χ2n) is 8.63. The molecule has 1 amide bonds. The van der Waals surface area contributed by atoms with E-state index >= 15 is 0 Å². The Bertz CT molecular complexity index is 1090. The van der Waals surface area contributed by atoms with Gasteiger partial charge in [0.2, 0.25) is 0 Å². The molecule has 0 spiro atoms. The van der Waals surface area contributed by atoms with Crippen LogP contribution in [-0.2, 0) is 6.54 Å². The molecule has 1 saturated heterocycles. The van der Waals surface area contributed by atoms with Crippen molar-refractivity contribution in [1.82, 2.24) is 15.1 Å². The number of likely N-dealkylation sites (tertiary alicyclic amines) is 1. The van der Waals surface area contributed by atoms with Crippen molar-refractivity contribution >= 4 is 16.7 Å². The van der Waals surface area contributed by atoms with Crippen molar-refractivity contribution in [2.45, 2.75) is 32.7 Å². The van der Waals surface area contributed by atoms with Gasteiger partial charge in [-0.05, 0) is 30.4 Å². The molecule has 6 nitrogen and oxygen atoms in total. The molecule has 0 aliphatic carbocycles. The molecule has 2 N–H and O–H groups in total. The van der Waals surface area contributed by atoms with Crippen molar-refractivity contribution in [3.63, 3.8) is 0 Å². The van der Waals surface area contributed by atoms with E-state index in [-0.39, 0.29) is 11.5 Å². The maximum absolute atomic E-state index is 13.0. The zero-order chi connectivity index (χ0) is 21.6. The van der Waals surface area contributed by atoms with E-state index in [1.165, 1.54) is 30.6 Å². The molecule has 1 fully saturated rings. The van der Waals surface area contributed by atoms with Crippen LogP contribution in [0, 0.1) is 5.92 Å². The van der Waals surface area contributed by atoms with E-state index in [1.54, 1.807) is 17.0 Å². The van der Waals surface area contributed by atoms with E-state index in [9.17, 15) is 9.59 Å². The minimum absolute atomic E-state index is 0.182. The fourth-order valence-corrected chi connectivity index (χ4v) is 4.31. The van der Waals surface area contributed by atoms with Crippen LogP contribution < -0.4 is 15.8 Å². The normalized spacial score (nSPS) is 18.7. The van der Waals surface area contributed by atoms with E-state index < -0.39 is 0 Å². The minimum Gasteiger partial charge on any atom is -0.350 e. The number of hydrogen-bond donors (Lipinski definition) is 2. The van der Waals surface area contributed by atoms with Crippen LogP contribution in [0.25, 0.3) is 10.8 Å². The van der Waals surface area contributed by atoms with Crippen molar-refractivity contribution in [1.29, 1.82) is 0 Å². The van der Waals surface area contributed by atoms with Crippen LogP contribution in [0.5, 0.6) is 0 Å². The summed E-state index contributed by atoms with van der Waals surface area (Å²) >= 11 is 0. The second-order valence-corrected chi connectivity index (χ2v) is 8.63. The first-order chi connectivity index (χ1) is 15.1. The molecule has 1 aromatic heterocycles. The number of aromatic nitrogens is 2. The number of nitrogens with zero attached hydrogens (tertiary/aromatic N) is 2. The molecule has 0 radical (unpaired) electrons. The standard InChI is InChI=1S/C25H30N4O2/c1-19-12-16-28(17-13-19)15-7-14-26-24(30)23-21-10-5-6-11-22(21)25(31)29(27-23)18-20-8-3-2-4-9-20/h2-6,8-11,19H,7,12-18H2,1H3,(H,26,30)/p+1. The number of carbonyl (C=O) groups excluding carboxylic acids is 1. The topological polar surface area (TPSA) is 68.4 Å². The van der Waals surface area contributed by atoms with Gasteiger partial charge < -0.3 is 10.2 Å². The first kappa shape index (κ1) is 21.2. The van der Waals surface area contributed by atoms with Gasteiger partial charge in [0, 0.05) is 18.4 Å². The number of hydrogen-bond acceptors (Lipinski definition) is 3. The Morgan fingerprint density at radius 3 is 2.48 bits per heavy atom. The Balaban J connectivity index is 1.47. The molecule has 1 aliphatic heterocycles. The van der Waals surface area contributed by atoms with E-state index in [4.69, 9.17) is 0 Å². The number of piperidine rings is 1. The highest BCUT2D eigenvalue weighted by Crippen LogP contribution is 2.14. The molecule has 0 bridgehead atoms. The van der Waals surface area contributed by atoms with Crippen LogP contribution >= 0.6 is 0 Å². The second kappa shape index (κ2) is 9.88. The molecule has 31 heavy (non-hydrogen) atoms. The molecular formula is C25H31N4O2+. The fourth-order valence-electron chi connectivity index (χ4n) is 4.31. The lowest BCUT2D eigenvalue weighted by Gasteiger charge is -2.27. The zero-order valence-electron chi connectivity index (χ0n) is 18.1. The molecule has 2 aromatic carbocycles. The van der Waals surface area contributed by atoms with Gasteiger partial charge >= 0.3 is 0 Å². The summed E-state index contributed by atoms with van der Waals surface area (Å²) in [5, 5.41) is 8.60. The summed E-state index contributed by atoms with van der Waals surface area (Å²) in [7, 11) is 0. The summed E-state index contributed by atoms with van der Waals surface area (Å²) in [6, 6.07) is 16.9. The average Bonchev–Trinajstić information content (AvgIpc) is 2.80. The Hall–Kier alpha value is -2.99. The average molecular weight is 420 g/mol. The highest BCUT2D eigenvalue weighted by molar-refractivity contribution is 6.04. The van der Waals surface area contributed by atoms with Crippen LogP contribution in [0.4, 0.5) is 0 Å². The summed E-state index contributed by atoms with van der Waals surface area (Å²) in [4.78, 5) is 27.5. The number of carbonyl (C=O) groups is 1. The highest BCUT2D eigenvalue weighted by Gasteiger charge is 2.19. The number of fused-ring (bicyclic) bond motifs is 1. The first-order valence-electron chi connectivity index (χ1n) is 11.3. The molecule has 0 saturated carbocycles. The lowest BCUT2D eigenvalue weighted by molar-refractivity contribution is -0.906. The Kier molecular flexibility index (Phi) is 6.77. The van der Waals surface area contributed by atoms with Crippen LogP contribution in [0.2, 0.25) is 0 Å². The fraction of sp³-hybridized carbons (Fsp3) is 0.400. The zero-order valence-corrected chi connectivity index (χ0v) is 18.1. The number of amides is 1. The van der Waals surface area contributed by atoms with E-state index in [0.29, 0.717) is 29.6 Å². The van der Waals surface area contributed by atoms with Gasteiger partial charge in [0.05, 0.1) is 31.6 Å². The molecule has 1 aliphatic rings. The van der Waals surface area contributed by atoms with Crippen molar-refractivity contribution in [2.24, 2.45) is 5.92 Å². The smallest absolute Gasteiger partial charge is 0.274 e. The van der Waals surface area contributed by atoms with Crippen molar-refractivity contribution in [3.05, 3.63) is 76.2 Å². The van der Waals surface area contributed by atoms with Gasteiger partial charge in [0.15, 0.2) is 5.69 Å². The van der Waals surface area contributed by atoms with Gasteiger partial charge in [0.1, 0.15) is 0 Å². The highest BCUT2D eigenvalue weighted by atomic mass is 16.2. The van der Waals surface area contributed by atoms with Gasteiger partial charge in [0.25, 0.3) is 11.5 Å². The predicted molar refractivity (Wildman–Crippen MR) is 122 cm³/mol. The maximum Gasteiger partial charge on any atom is 0.274 e. The monoisotopic (exact) mass is 419 g/mol. The van der Waals surface area contributed by atoms with Gasteiger partial charge in [-0.1, -0.05) is 55.5 Å². The summed E-state index contributed by atoms with van der Waals surface area (Å²) < 4.78 is 1.39. The van der Waals surface area contributed by atoms with Crippen molar-refractivity contribution in [2.75, 3.05) is 26.2 Å². The number of nitrogens with one attached hydrogen (secondary N) is 2. The van der Waals surface area contributed by atoms with Gasteiger partial charge in [-0.3, -0.25) is 9.59 Å². The van der Waals surface area contributed by atoms with E-state index in [1.807, 2.05) is 42.5 Å². The molecule has 4 rings (SSSR count). The van der Waals surface area contributed by atoms with Crippen LogP contribution in [0.3, 0.4) is 0 Å². The third-order valence-corrected chi connectivity index (χ3v) is 6.23. The maximum atomic E-state index is 13.0.